The molecule has 0 radical (unpaired) electrons. The van der Waals surface area contributed by atoms with Gasteiger partial charge in [-0.3, -0.25) is 0 Å². The van der Waals surface area contributed by atoms with Crippen LogP contribution in [0.15, 0.2) is 35.2 Å². The molecule has 0 aliphatic carbocycles. The lowest BCUT2D eigenvalue weighted by Gasteiger charge is -2.13. The van der Waals surface area contributed by atoms with Crippen molar-refractivity contribution in [3.63, 3.8) is 0 Å². The van der Waals surface area contributed by atoms with Gasteiger partial charge in [-0.25, -0.2) is 13.1 Å². The first-order chi connectivity index (χ1) is 12.3. The van der Waals surface area contributed by atoms with Gasteiger partial charge in [-0.05, 0) is 54.8 Å². The van der Waals surface area contributed by atoms with Crippen LogP contribution in [-0.2, 0) is 15.8 Å². The van der Waals surface area contributed by atoms with E-state index in [2.05, 4.69) is 4.72 Å². The topological polar surface area (TPSA) is 55.4 Å². The number of ether oxygens (including phenoxy) is 1. The molecule has 2 aromatic rings. The number of methoxy groups -OCH3 is 1. The summed E-state index contributed by atoms with van der Waals surface area (Å²) in [6.07, 6.45) is 0. The highest BCUT2D eigenvalue weighted by Crippen LogP contribution is 2.27. The zero-order valence-corrected chi connectivity index (χ0v) is 18.0. The molecule has 0 bridgehead atoms. The molecule has 0 unspecified atom stereocenters. The first-order valence-electron chi connectivity index (χ1n) is 7.92. The Morgan fingerprint density at radius 3 is 2.46 bits per heavy atom. The smallest absolute Gasteiger partial charge is 0.240 e. The van der Waals surface area contributed by atoms with E-state index in [1.807, 2.05) is 19.1 Å². The molecule has 2 rings (SSSR count). The number of sulfonamides is 1. The molecule has 0 heterocycles. The summed E-state index contributed by atoms with van der Waals surface area (Å²) in [6, 6.07) is 8.75. The Labute approximate surface area is 169 Å². The van der Waals surface area contributed by atoms with E-state index < -0.39 is 10.0 Å². The van der Waals surface area contributed by atoms with Crippen LogP contribution >= 0.6 is 35.0 Å². The zero-order chi connectivity index (χ0) is 19.3. The van der Waals surface area contributed by atoms with Gasteiger partial charge in [0, 0.05) is 18.1 Å². The minimum atomic E-state index is -3.55. The van der Waals surface area contributed by atoms with Crippen LogP contribution in [0.3, 0.4) is 0 Å². The van der Waals surface area contributed by atoms with Gasteiger partial charge in [0.15, 0.2) is 0 Å². The maximum Gasteiger partial charge on any atom is 0.240 e. The standard InChI is InChI=1S/C18H21Cl2NO3S2/c1-12-13(2)18(7-6-17(12)24-3)26(22,23)21-8-9-25-11-14-4-5-15(19)16(20)10-14/h4-7,10,21H,8-9,11H2,1-3H3. The Bertz CT molecular complexity index is 886. The van der Waals surface area contributed by atoms with Gasteiger partial charge in [0.2, 0.25) is 10.0 Å². The van der Waals surface area contributed by atoms with E-state index in [-0.39, 0.29) is 4.90 Å². The highest BCUT2D eigenvalue weighted by Gasteiger charge is 2.18. The first-order valence-corrected chi connectivity index (χ1v) is 11.3. The number of benzene rings is 2. The van der Waals surface area contributed by atoms with Gasteiger partial charge in [-0.1, -0.05) is 29.3 Å². The summed E-state index contributed by atoms with van der Waals surface area (Å²) in [4.78, 5) is 0.283. The van der Waals surface area contributed by atoms with E-state index in [1.165, 1.54) is 0 Å². The molecule has 4 nitrogen and oxygen atoms in total. The monoisotopic (exact) mass is 433 g/mol. The summed E-state index contributed by atoms with van der Waals surface area (Å²) >= 11 is 13.5. The highest BCUT2D eigenvalue weighted by molar-refractivity contribution is 7.98. The Balaban J connectivity index is 1.90. The molecular formula is C18H21Cl2NO3S2. The number of halogens is 2. The third-order valence-electron chi connectivity index (χ3n) is 3.99. The summed E-state index contributed by atoms with van der Waals surface area (Å²) in [7, 11) is -1.98. The Morgan fingerprint density at radius 2 is 1.81 bits per heavy atom. The average molecular weight is 434 g/mol. The molecule has 142 valence electrons. The molecule has 0 atom stereocenters. The molecule has 1 N–H and O–H groups in total. The quantitative estimate of drug-likeness (QED) is 0.605. The van der Waals surface area contributed by atoms with E-state index in [1.54, 1.807) is 44.0 Å². The van der Waals surface area contributed by atoms with Crippen LogP contribution in [0.25, 0.3) is 0 Å². The third-order valence-corrected chi connectivity index (χ3v) is 7.36. The first kappa shape index (κ1) is 21.4. The van der Waals surface area contributed by atoms with Crippen LogP contribution in [0.1, 0.15) is 16.7 Å². The minimum Gasteiger partial charge on any atom is -0.496 e. The fourth-order valence-electron chi connectivity index (χ4n) is 2.43. The molecule has 0 saturated heterocycles. The molecule has 8 heteroatoms. The van der Waals surface area contributed by atoms with Gasteiger partial charge >= 0.3 is 0 Å². The predicted octanol–water partition coefficient (Wildman–Crippen LogP) is 4.83. The fourth-order valence-corrected chi connectivity index (χ4v) is 5.01. The second-order valence-corrected chi connectivity index (χ2v) is 9.37. The average Bonchev–Trinajstić information content (AvgIpc) is 2.59. The lowest BCUT2D eigenvalue weighted by Crippen LogP contribution is -2.27. The van der Waals surface area contributed by atoms with Crippen molar-refractivity contribution in [2.75, 3.05) is 19.4 Å². The maximum atomic E-state index is 12.5. The normalized spacial score (nSPS) is 11.6. The summed E-state index contributed by atoms with van der Waals surface area (Å²) < 4.78 is 32.9. The van der Waals surface area contributed by atoms with Crippen LogP contribution in [-0.4, -0.2) is 27.8 Å². The second kappa shape index (κ2) is 9.33. The molecule has 0 fully saturated rings. The van der Waals surface area contributed by atoms with Crippen molar-refractivity contribution in [2.45, 2.75) is 24.5 Å². The Hall–Kier alpha value is -0.920. The summed E-state index contributed by atoms with van der Waals surface area (Å²) in [5, 5.41) is 1.05. The van der Waals surface area contributed by atoms with Crippen LogP contribution < -0.4 is 9.46 Å². The molecule has 0 aliphatic heterocycles. The van der Waals surface area contributed by atoms with Gasteiger partial charge in [0.25, 0.3) is 0 Å². The number of hydrogen-bond donors (Lipinski definition) is 1. The molecule has 2 aromatic carbocycles. The molecule has 0 spiro atoms. The predicted molar refractivity (Wildman–Crippen MR) is 110 cm³/mol. The van der Waals surface area contributed by atoms with Crippen LogP contribution in [0.2, 0.25) is 10.0 Å². The van der Waals surface area contributed by atoms with Crippen LogP contribution in [0.5, 0.6) is 5.75 Å². The molecule has 0 saturated carbocycles. The van der Waals surface area contributed by atoms with Crippen molar-refractivity contribution in [1.82, 2.24) is 4.72 Å². The highest BCUT2D eigenvalue weighted by atomic mass is 35.5. The van der Waals surface area contributed by atoms with Crippen molar-refractivity contribution in [3.8, 4) is 5.75 Å². The maximum absolute atomic E-state index is 12.5. The third kappa shape index (κ3) is 5.30. The van der Waals surface area contributed by atoms with E-state index in [4.69, 9.17) is 27.9 Å². The van der Waals surface area contributed by atoms with Gasteiger partial charge in [0.05, 0.1) is 22.1 Å². The minimum absolute atomic E-state index is 0.283. The summed E-state index contributed by atoms with van der Waals surface area (Å²) in [6.45, 7) is 3.98. The lowest BCUT2D eigenvalue weighted by atomic mass is 10.1. The zero-order valence-electron chi connectivity index (χ0n) is 14.8. The van der Waals surface area contributed by atoms with Gasteiger partial charge in [0.1, 0.15) is 5.75 Å². The van der Waals surface area contributed by atoms with Crippen molar-refractivity contribution in [3.05, 3.63) is 57.1 Å². The molecule has 0 amide bonds. The van der Waals surface area contributed by atoms with Gasteiger partial charge in [-0.2, -0.15) is 11.8 Å². The largest absolute Gasteiger partial charge is 0.496 e. The van der Waals surface area contributed by atoms with Crippen molar-refractivity contribution >= 4 is 45.0 Å². The van der Waals surface area contributed by atoms with Crippen LogP contribution in [0, 0.1) is 13.8 Å². The number of rotatable bonds is 8. The molecular weight excluding hydrogens is 413 g/mol. The Morgan fingerprint density at radius 1 is 1.08 bits per heavy atom. The fraction of sp³-hybridized carbons (Fsp3) is 0.333. The Kier molecular flexibility index (Phi) is 7.67. The van der Waals surface area contributed by atoms with Gasteiger partial charge < -0.3 is 4.74 Å². The van der Waals surface area contributed by atoms with Crippen molar-refractivity contribution in [2.24, 2.45) is 0 Å². The summed E-state index contributed by atoms with van der Waals surface area (Å²) in [5.74, 6) is 2.06. The van der Waals surface area contributed by atoms with Crippen molar-refractivity contribution in [1.29, 1.82) is 0 Å². The lowest BCUT2D eigenvalue weighted by molar-refractivity contribution is 0.410. The van der Waals surface area contributed by atoms with E-state index in [9.17, 15) is 8.42 Å². The van der Waals surface area contributed by atoms with Crippen LogP contribution in [0.4, 0.5) is 0 Å². The van der Waals surface area contributed by atoms with Gasteiger partial charge in [-0.15, -0.1) is 0 Å². The van der Waals surface area contributed by atoms with Crippen molar-refractivity contribution < 1.29 is 13.2 Å². The van der Waals surface area contributed by atoms with E-state index in [0.717, 1.165) is 16.9 Å². The van der Waals surface area contributed by atoms with E-state index >= 15 is 0 Å². The van der Waals surface area contributed by atoms with E-state index in [0.29, 0.717) is 33.7 Å². The number of hydrogen-bond acceptors (Lipinski definition) is 4. The molecule has 0 aliphatic rings. The molecule has 26 heavy (non-hydrogen) atoms. The number of thioether (sulfide) groups is 1. The summed E-state index contributed by atoms with van der Waals surface area (Å²) in [5.41, 5.74) is 2.57. The SMILES string of the molecule is COc1ccc(S(=O)(=O)NCCSCc2ccc(Cl)c(Cl)c2)c(C)c1C. The molecule has 0 aromatic heterocycles. The number of nitrogens with one attached hydrogen (secondary N) is 1. The second-order valence-electron chi connectivity index (χ2n) is 5.71.